The van der Waals surface area contributed by atoms with E-state index < -0.39 is 23.7 Å². The minimum atomic E-state index is -0.885. The number of fused-ring (bicyclic) bond motifs is 1. The largest absolute Gasteiger partial charge is 0.393 e. The van der Waals surface area contributed by atoms with E-state index in [1.807, 2.05) is 56.3 Å². The van der Waals surface area contributed by atoms with Crippen molar-refractivity contribution in [2.24, 2.45) is 5.73 Å². The minimum absolute atomic E-state index is 0.177. The van der Waals surface area contributed by atoms with Crippen LogP contribution in [0.4, 0.5) is 4.39 Å². The van der Waals surface area contributed by atoms with Crippen molar-refractivity contribution in [2.75, 3.05) is 27.2 Å². The van der Waals surface area contributed by atoms with Gasteiger partial charge in [-0.2, -0.15) is 0 Å². The number of alkyl halides is 1. The van der Waals surface area contributed by atoms with Gasteiger partial charge >= 0.3 is 0 Å². The Bertz CT molecular complexity index is 1500. The fourth-order valence-electron chi connectivity index (χ4n) is 5.89. The summed E-state index contributed by atoms with van der Waals surface area (Å²) in [6.07, 6.45) is 2.11. The Kier molecular flexibility index (Phi) is 12.2. The molecule has 1 fully saturated rings. The van der Waals surface area contributed by atoms with Gasteiger partial charge in [-0.25, -0.2) is 4.39 Å². The summed E-state index contributed by atoms with van der Waals surface area (Å²) >= 11 is 2.13. The Balaban J connectivity index is 1.66. The first-order valence-corrected chi connectivity index (χ1v) is 17.1. The number of piperidine rings is 1. The molecule has 1 unspecified atom stereocenters. The summed E-state index contributed by atoms with van der Waals surface area (Å²) in [5.74, 6) is -1.15. The highest BCUT2D eigenvalue weighted by Gasteiger charge is 2.38. The van der Waals surface area contributed by atoms with Crippen molar-refractivity contribution in [1.29, 1.82) is 0 Å². The van der Waals surface area contributed by atoms with Crippen LogP contribution >= 0.6 is 22.6 Å². The van der Waals surface area contributed by atoms with E-state index in [2.05, 4.69) is 22.6 Å². The van der Waals surface area contributed by atoms with Crippen LogP contribution in [0.2, 0.25) is 0 Å². The van der Waals surface area contributed by atoms with Crippen LogP contribution in [0.25, 0.3) is 10.8 Å². The predicted octanol–water partition coefficient (Wildman–Crippen LogP) is 4.72. The van der Waals surface area contributed by atoms with E-state index in [0.717, 1.165) is 16.3 Å². The van der Waals surface area contributed by atoms with Crippen molar-refractivity contribution in [1.82, 2.24) is 14.7 Å². The van der Waals surface area contributed by atoms with Gasteiger partial charge in [0.05, 0.1) is 10.0 Å². The van der Waals surface area contributed by atoms with Crippen molar-refractivity contribution >= 4 is 51.1 Å². The number of halogens is 2. The maximum absolute atomic E-state index is 14.6. The molecular formula is C36H46FIN4O4. The monoisotopic (exact) mass is 744 g/mol. The molecule has 0 aliphatic carbocycles. The number of rotatable bonds is 12. The number of nitrogens with two attached hydrogens (primary N) is 1. The van der Waals surface area contributed by atoms with Crippen LogP contribution in [0, 0.1) is 5.82 Å². The highest BCUT2D eigenvalue weighted by atomic mass is 127. The molecule has 0 spiro atoms. The molecule has 1 aliphatic heterocycles. The summed E-state index contributed by atoms with van der Waals surface area (Å²) in [5.41, 5.74) is 7.37. The topological polar surface area (TPSA) is 107 Å². The van der Waals surface area contributed by atoms with Gasteiger partial charge in [-0.15, -0.1) is 0 Å². The van der Waals surface area contributed by atoms with Crippen molar-refractivity contribution in [3.63, 3.8) is 0 Å². The predicted molar refractivity (Wildman–Crippen MR) is 188 cm³/mol. The lowest BCUT2D eigenvalue weighted by Crippen LogP contribution is -2.58. The quantitative estimate of drug-likeness (QED) is 0.206. The molecule has 248 valence electrons. The Labute approximate surface area is 285 Å². The van der Waals surface area contributed by atoms with E-state index in [-0.39, 0.29) is 40.3 Å². The van der Waals surface area contributed by atoms with E-state index in [1.54, 1.807) is 31.1 Å². The number of likely N-dealkylation sites (tertiary alicyclic amines) is 1. The SMILES string of the molecule is CN(C(=O)C(I)CCC(C)(C)N)[C@H](Cc1ccc2ccccc2c1)C(=O)N(C)[C@H](Cc1ccc(F)cc1)C(=O)N1CCC(O)CC1. The highest BCUT2D eigenvalue weighted by molar-refractivity contribution is 14.1. The van der Waals surface area contributed by atoms with Gasteiger partial charge in [0.2, 0.25) is 17.7 Å². The molecule has 0 bridgehead atoms. The second-order valence-electron chi connectivity index (χ2n) is 13.2. The van der Waals surface area contributed by atoms with Crippen LogP contribution in [0.5, 0.6) is 0 Å². The second-order valence-corrected chi connectivity index (χ2v) is 14.7. The van der Waals surface area contributed by atoms with E-state index in [0.29, 0.717) is 44.3 Å². The Hall–Kier alpha value is -3.09. The zero-order valence-electron chi connectivity index (χ0n) is 27.2. The highest BCUT2D eigenvalue weighted by Crippen LogP contribution is 2.24. The van der Waals surface area contributed by atoms with Crippen LogP contribution in [-0.2, 0) is 27.2 Å². The Morgan fingerprint density at radius 3 is 2.11 bits per heavy atom. The third-order valence-electron chi connectivity index (χ3n) is 8.87. The van der Waals surface area contributed by atoms with Crippen LogP contribution < -0.4 is 5.73 Å². The zero-order chi connectivity index (χ0) is 33.6. The van der Waals surface area contributed by atoms with Gasteiger partial charge in [-0.3, -0.25) is 14.4 Å². The maximum Gasteiger partial charge on any atom is 0.246 e. The summed E-state index contributed by atoms with van der Waals surface area (Å²) in [6.45, 7) is 4.61. The molecule has 3 aromatic carbocycles. The molecule has 1 saturated heterocycles. The molecule has 3 amide bonds. The summed E-state index contributed by atoms with van der Waals surface area (Å²) in [4.78, 5) is 47.1. The number of carbonyl (C=O) groups excluding carboxylic acids is 3. The summed E-state index contributed by atoms with van der Waals surface area (Å²) in [6, 6.07) is 18.1. The maximum atomic E-state index is 14.6. The molecule has 3 atom stereocenters. The fourth-order valence-corrected chi connectivity index (χ4v) is 6.65. The van der Waals surface area contributed by atoms with Gasteiger partial charge in [-0.05, 0) is 73.6 Å². The van der Waals surface area contributed by atoms with Crippen LogP contribution in [-0.4, -0.2) is 92.4 Å². The first-order valence-electron chi connectivity index (χ1n) is 15.9. The standard InChI is InChI=1S/C36H46FIN4O4/c1-36(2,39)18-15-30(38)33(44)40(3)31(23-25-9-12-26-7-5-6-8-27(26)21-25)34(45)41(4)32(22-24-10-13-28(37)14-11-24)35(46)42-19-16-29(43)17-20-42/h5-14,21,29-32,43H,15-20,22-23,39H2,1-4H3/t30?,31-,32-/m1/s1. The number of nitrogens with zero attached hydrogens (tertiary/aromatic N) is 3. The fraction of sp³-hybridized carbons (Fsp3) is 0.472. The summed E-state index contributed by atoms with van der Waals surface area (Å²) in [7, 11) is 3.26. The number of hydrogen-bond donors (Lipinski definition) is 2. The lowest BCUT2D eigenvalue weighted by Gasteiger charge is -2.38. The average molecular weight is 745 g/mol. The molecule has 4 rings (SSSR count). The molecule has 0 aromatic heterocycles. The second kappa shape index (κ2) is 15.7. The van der Waals surface area contributed by atoms with Gasteiger partial charge in [0.25, 0.3) is 0 Å². The lowest BCUT2D eigenvalue weighted by atomic mass is 9.96. The number of amides is 3. The van der Waals surface area contributed by atoms with E-state index in [4.69, 9.17) is 5.73 Å². The molecule has 1 heterocycles. The third kappa shape index (κ3) is 9.48. The van der Waals surface area contributed by atoms with Crippen LogP contribution in [0.15, 0.2) is 66.7 Å². The molecule has 0 radical (unpaired) electrons. The first kappa shape index (κ1) is 35.8. The molecule has 46 heavy (non-hydrogen) atoms. The number of aliphatic hydroxyl groups is 1. The van der Waals surface area contributed by atoms with Gasteiger partial charge in [0.15, 0.2) is 0 Å². The number of aliphatic hydroxyl groups excluding tert-OH is 1. The normalized spacial score (nSPS) is 16.1. The lowest BCUT2D eigenvalue weighted by molar-refractivity contribution is -0.150. The van der Waals surface area contributed by atoms with Crippen molar-refractivity contribution in [3.05, 3.63) is 83.7 Å². The van der Waals surface area contributed by atoms with Crippen LogP contribution in [0.3, 0.4) is 0 Å². The number of hydrogen-bond acceptors (Lipinski definition) is 5. The van der Waals surface area contributed by atoms with E-state index in [1.165, 1.54) is 21.9 Å². The number of benzene rings is 3. The molecular weight excluding hydrogens is 698 g/mol. The summed E-state index contributed by atoms with van der Waals surface area (Å²) in [5, 5.41) is 12.1. The zero-order valence-corrected chi connectivity index (χ0v) is 29.3. The van der Waals surface area contributed by atoms with Crippen LogP contribution in [0.1, 0.15) is 50.7 Å². The molecule has 1 aliphatic rings. The molecule has 3 N–H and O–H groups in total. The molecule has 0 saturated carbocycles. The van der Waals surface area contributed by atoms with Crippen molar-refractivity contribution < 1.29 is 23.9 Å². The number of carbonyl (C=O) groups is 3. The van der Waals surface area contributed by atoms with Gasteiger partial charge < -0.3 is 25.5 Å². The van der Waals surface area contributed by atoms with Gasteiger partial charge in [0, 0.05) is 45.6 Å². The van der Waals surface area contributed by atoms with E-state index in [9.17, 15) is 23.9 Å². The van der Waals surface area contributed by atoms with Crippen molar-refractivity contribution in [3.8, 4) is 0 Å². The number of likely N-dealkylation sites (N-methyl/N-ethyl adjacent to an activating group) is 2. The van der Waals surface area contributed by atoms with Gasteiger partial charge in [-0.1, -0.05) is 77.2 Å². The average Bonchev–Trinajstić information content (AvgIpc) is 3.04. The van der Waals surface area contributed by atoms with Gasteiger partial charge in [0.1, 0.15) is 17.9 Å². The molecule has 8 nitrogen and oxygen atoms in total. The minimum Gasteiger partial charge on any atom is -0.393 e. The summed E-state index contributed by atoms with van der Waals surface area (Å²) < 4.78 is 13.4. The van der Waals surface area contributed by atoms with E-state index >= 15 is 0 Å². The van der Waals surface area contributed by atoms with Crippen molar-refractivity contribution in [2.45, 2.75) is 80.0 Å². The molecule has 3 aromatic rings. The Morgan fingerprint density at radius 1 is 0.913 bits per heavy atom. The first-order chi connectivity index (χ1) is 21.7. The molecule has 10 heteroatoms. The smallest absolute Gasteiger partial charge is 0.246 e. The third-order valence-corrected chi connectivity index (χ3v) is 10.0. The Morgan fingerprint density at radius 2 is 1.48 bits per heavy atom.